The number of ether oxygens (including phenoxy) is 2. The van der Waals surface area contributed by atoms with E-state index in [0.717, 1.165) is 12.0 Å². The number of aryl methyl sites for hydroxylation is 1. The van der Waals surface area contributed by atoms with Crippen molar-refractivity contribution >= 4 is 0 Å². The van der Waals surface area contributed by atoms with Crippen molar-refractivity contribution in [1.82, 2.24) is 4.98 Å². The minimum absolute atomic E-state index is 0.0975. The normalized spacial score (nSPS) is 10.2. The summed E-state index contributed by atoms with van der Waals surface area (Å²) < 4.78 is 11.3. The van der Waals surface area contributed by atoms with E-state index in [4.69, 9.17) is 9.47 Å². The molecule has 2 aromatic rings. The van der Waals surface area contributed by atoms with Gasteiger partial charge in [-0.05, 0) is 44.0 Å². The van der Waals surface area contributed by atoms with Gasteiger partial charge >= 0.3 is 0 Å². The zero-order valence-electron chi connectivity index (χ0n) is 13.6. The molecule has 5 heteroatoms. The van der Waals surface area contributed by atoms with E-state index < -0.39 is 0 Å². The molecular weight excluding hydrogens is 292 g/mol. The van der Waals surface area contributed by atoms with Gasteiger partial charge in [-0.25, -0.2) is 0 Å². The quantitative estimate of drug-likeness (QED) is 0.887. The van der Waals surface area contributed by atoms with Gasteiger partial charge in [0, 0.05) is 11.3 Å². The molecule has 0 aliphatic rings. The van der Waals surface area contributed by atoms with E-state index in [1.165, 1.54) is 0 Å². The van der Waals surface area contributed by atoms with Crippen molar-refractivity contribution < 1.29 is 9.47 Å². The molecule has 0 aliphatic heterocycles. The highest BCUT2D eigenvalue weighted by molar-refractivity contribution is 5.72. The van der Waals surface area contributed by atoms with Gasteiger partial charge in [0.15, 0.2) is 11.5 Å². The van der Waals surface area contributed by atoms with Crippen LogP contribution in [0.3, 0.4) is 0 Å². The Balaban J connectivity index is 2.55. The molecule has 1 aromatic carbocycles. The van der Waals surface area contributed by atoms with Crippen LogP contribution < -0.4 is 15.0 Å². The number of H-pyrrole nitrogens is 1. The summed E-state index contributed by atoms with van der Waals surface area (Å²) in [6.07, 6.45) is 0.902. The van der Waals surface area contributed by atoms with Crippen LogP contribution in [0.4, 0.5) is 0 Å². The highest BCUT2D eigenvalue weighted by Gasteiger charge is 2.13. The van der Waals surface area contributed by atoms with Crippen LogP contribution in [0.1, 0.15) is 31.5 Å². The lowest BCUT2D eigenvalue weighted by Gasteiger charge is -2.13. The molecule has 0 spiro atoms. The highest BCUT2D eigenvalue weighted by atomic mass is 16.5. The SMILES string of the molecule is CCCOc1ccc(-c2cc(C)[nH]c(=O)c2C#N)cc1OCC. The molecule has 120 valence electrons. The molecule has 0 fully saturated rings. The lowest BCUT2D eigenvalue weighted by molar-refractivity contribution is 0.277. The maximum atomic E-state index is 12.0. The van der Waals surface area contributed by atoms with E-state index in [0.29, 0.717) is 36.0 Å². The number of hydrogen-bond donors (Lipinski definition) is 1. The summed E-state index contributed by atoms with van der Waals surface area (Å²) in [5.41, 5.74) is 1.76. The molecule has 0 aliphatic carbocycles. The number of nitrogens with one attached hydrogen (secondary N) is 1. The third kappa shape index (κ3) is 3.72. The molecular formula is C18H20N2O3. The van der Waals surface area contributed by atoms with Crippen LogP contribution in [-0.4, -0.2) is 18.2 Å². The Labute approximate surface area is 135 Å². The van der Waals surface area contributed by atoms with Gasteiger partial charge in [-0.1, -0.05) is 13.0 Å². The first-order valence-electron chi connectivity index (χ1n) is 7.64. The number of rotatable bonds is 6. The van der Waals surface area contributed by atoms with E-state index in [2.05, 4.69) is 4.98 Å². The van der Waals surface area contributed by atoms with Crippen molar-refractivity contribution in [2.75, 3.05) is 13.2 Å². The average Bonchev–Trinajstić information content (AvgIpc) is 2.53. The Morgan fingerprint density at radius 2 is 1.96 bits per heavy atom. The third-order valence-electron chi connectivity index (χ3n) is 3.30. The van der Waals surface area contributed by atoms with Crippen LogP contribution in [0.25, 0.3) is 11.1 Å². The van der Waals surface area contributed by atoms with Crippen molar-refractivity contribution in [2.24, 2.45) is 0 Å². The molecule has 1 aromatic heterocycles. The Morgan fingerprint density at radius 3 is 2.61 bits per heavy atom. The fraction of sp³-hybridized carbons (Fsp3) is 0.333. The first-order chi connectivity index (χ1) is 11.1. The first kappa shape index (κ1) is 16.6. The fourth-order valence-corrected chi connectivity index (χ4v) is 2.30. The van der Waals surface area contributed by atoms with E-state index in [1.54, 1.807) is 13.0 Å². The summed E-state index contributed by atoms with van der Waals surface area (Å²) in [5, 5.41) is 9.27. The average molecular weight is 312 g/mol. The van der Waals surface area contributed by atoms with Crippen molar-refractivity contribution in [3.05, 3.63) is 45.9 Å². The fourth-order valence-electron chi connectivity index (χ4n) is 2.30. The minimum atomic E-state index is -0.383. The smallest absolute Gasteiger partial charge is 0.266 e. The molecule has 0 radical (unpaired) electrons. The maximum Gasteiger partial charge on any atom is 0.266 e. The Kier molecular flexibility index (Phi) is 5.42. The molecule has 0 unspecified atom stereocenters. The zero-order chi connectivity index (χ0) is 16.8. The number of pyridine rings is 1. The summed E-state index contributed by atoms with van der Waals surface area (Å²) in [4.78, 5) is 14.6. The Hall–Kier alpha value is -2.74. The van der Waals surface area contributed by atoms with Gasteiger partial charge in [0.25, 0.3) is 5.56 Å². The minimum Gasteiger partial charge on any atom is -0.490 e. The standard InChI is InChI=1S/C18H20N2O3/c1-4-8-23-16-7-6-13(10-17(16)22-5-2)14-9-12(3)20-18(21)15(14)11-19/h6-7,9-10H,4-5,8H2,1-3H3,(H,20,21). The van der Waals surface area contributed by atoms with Crippen LogP contribution >= 0.6 is 0 Å². The molecule has 0 bridgehead atoms. The third-order valence-corrected chi connectivity index (χ3v) is 3.30. The Morgan fingerprint density at radius 1 is 1.17 bits per heavy atom. The summed E-state index contributed by atoms with van der Waals surface area (Å²) in [6.45, 7) is 6.83. The molecule has 5 nitrogen and oxygen atoms in total. The van der Waals surface area contributed by atoms with E-state index in [1.807, 2.05) is 38.1 Å². The lowest BCUT2D eigenvalue weighted by atomic mass is 10.0. The van der Waals surface area contributed by atoms with Gasteiger partial charge in [-0.15, -0.1) is 0 Å². The number of benzene rings is 1. The number of nitrogens with zero attached hydrogens (tertiary/aromatic N) is 1. The molecule has 1 heterocycles. The number of aromatic nitrogens is 1. The molecule has 23 heavy (non-hydrogen) atoms. The summed E-state index contributed by atoms with van der Waals surface area (Å²) >= 11 is 0. The van der Waals surface area contributed by atoms with E-state index in [9.17, 15) is 10.1 Å². The van der Waals surface area contributed by atoms with Gasteiger partial charge in [-0.2, -0.15) is 5.26 Å². The number of hydrogen-bond acceptors (Lipinski definition) is 4. The zero-order valence-corrected chi connectivity index (χ0v) is 13.6. The Bertz CT molecular complexity index is 788. The molecule has 0 saturated carbocycles. The van der Waals surface area contributed by atoms with Crippen molar-refractivity contribution in [1.29, 1.82) is 5.26 Å². The molecule has 0 atom stereocenters. The van der Waals surface area contributed by atoms with Gasteiger partial charge in [0.05, 0.1) is 13.2 Å². The summed E-state index contributed by atoms with van der Waals surface area (Å²) in [7, 11) is 0. The summed E-state index contributed by atoms with van der Waals surface area (Å²) in [6, 6.07) is 9.22. The molecule has 2 rings (SSSR count). The van der Waals surface area contributed by atoms with Crippen LogP contribution in [0.5, 0.6) is 11.5 Å². The van der Waals surface area contributed by atoms with Crippen LogP contribution in [0.15, 0.2) is 29.1 Å². The number of nitriles is 1. The van der Waals surface area contributed by atoms with E-state index >= 15 is 0 Å². The van der Waals surface area contributed by atoms with Crippen molar-refractivity contribution in [3.8, 4) is 28.7 Å². The highest BCUT2D eigenvalue weighted by Crippen LogP contribution is 2.33. The lowest BCUT2D eigenvalue weighted by Crippen LogP contribution is -2.12. The van der Waals surface area contributed by atoms with Crippen LogP contribution in [0.2, 0.25) is 0 Å². The predicted octanol–water partition coefficient (Wildman–Crippen LogP) is 3.41. The van der Waals surface area contributed by atoms with Crippen molar-refractivity contribution in [3.63, 3.8) is 0 Å². The maximum absolute atomic E-state index is 12.0. The number of aromatic amines is 1. The predicted molar refractivity (Wildman–Crippen MR) is 88.9 cm³/mol. The first-order valence-corrected chi connectivity index (χ1v) is 7.64. The van der Waals surface area contributed by atoms with E-state index in [-0.39, 0.29) is 11.1 Å². The summed E-state index contributed by atoms with van der Waals surface area (Å²) in [5.74, 6) is 1.28. The largest absolute Gasteiger partial charge is 0.490 e. The molecule has 0 saturated heterocycles. The molecule has 0 amide bonds. The van der Waals surface area contributed by atoms with Gasteiger partial charge in [-0.3, -0.25) is 4.79 Å². The second kappa shape index (κ2) is 7.50. The van der Waals surface area contributed by atoms with Gasteiger partial charge in [0.2, 0.25) is 0 Å². The van der Waals surface area contributed by atoms with Crippen molar-refractivity contribution in [2.45, 2.75) is 27.2 Å². The monoisotopic (exact) mass is 312 g/mol. The van der Waals surface area contributed by atoms with Gasteiger partial charge < -0.3 is 14.5 Å². The van der Waals surface area contributed by atoms with Gasteiger partial charge in [0.1, 0.15) is 11.6 Å². The van der Waals surface area contributed by atoms with Crippen LogP contribution in [0, 0.1) is 18.3 Å². The molecule has 1 N–H and O–H groups in total. The second-order valence-corrected chi connectivity index (χ2v) is 5.12. The topological polar surface area (TPSA) is 75.1 Å². The second-order valence-electron chi connectivity index (χ2n) is 5.12. The van der Waals surface area contributed by atoms with Crippen LogP contribution in [-0.2, 0) is 0 Å².